The van der Waals surface area contributed by atoms with Crippen molar-refractivity contribution in [3.63, 3.8) is 0 Å². The summed E-state index contributed by atoms with van der Waals surface area (Å²) in [6.07, 6.45) is 3.79. The third-order valence-corrected chi connectivity index (χ3v) is 1.50. The third kappa shape index (κ3) is 1.55. The zero-order valence-electron chi connectivity index (χ0n) is 6.28. The number of carbonyl (C=O) groups excluding carboxylic acids is 1. The van der Waals surface area contributed by atoms with E-state index < -0.39 is 0 Å². The van der Waals surface area contributed by atoms with Crippen LogP contribution in [0.4, 0.5) is 0 Å². The van der Waals surface area contributed by atoms with Gasteiger partial charge < -0.3 is 4.57 Å². The third-order valence-electron chi connectivity index (χ3n) is 1.50. The Morgan fingerprint density at radius 1 is 1.64 bits per heavy atom. The fourth-order valence-corrected chi connectivity index (χ4v) is 0.830. The van der Waals surface area contributed by atoms with Crippen molar-refractivity contribution in [3.8, 4) is 0 Å². The molecule has 3 heteroatoms. The maximum absolute atomic E-state index is 10.9. The summed E-state index contributed by atoms with van der Waals surface area (Å²) in [4.78, 5) is 21.2. The highest BCUT2D eigenvalue weighted by atomic mass is 16.1. The summed E-state index contributed by atoms with van der Waals surface area (Å²) in [6, 6.07) is 1.40. The summed E-state index contributed by atoms with van der Waals surface area (Å²) in [6.45, 7) is 2.71. The van der Waals surface area contributed by atoms with Gasteiger partial charge in [-0.2, -0.15) is 0 Å². The summed E-state index contributed by atoms with van der Waals surface area (Å²) >= 11 is 0. The summed E-state index contributed by atoms with van der Waals surface area (Å²) in [5, 5.41) is 0. The number of aldehydes is 1. The fraction of sp³-hybridized carbons (Fsp3) is 0.250. The van der Waals surface area contributed by atoms with Gasteiger partial charge in [-0.3, -0.25) is 9.59 Å². The molecule has 0 bridgehead atoms. The number of rotatable bonds is 2. The van der Waals surface area contributed by atoms with Crippen molar-refractivity contribution in [2.45, 2.75) is 13.5 Å². The molecule has 1 heterocycles. The smallest absolute Gasteiger partial charge is 0.192 e. The fourth-order valence-electron chi connectivity index (χ4n) is 0.830. The molecule has 0 aliphatic heterocycles. The van der Waals surface area contributed by atoms with E-state index in [0.29, 0.717) is 6.29 Å². The first kappa shape index (κ1) is 7.72. The molecule has 1 rings (SSSR count). The Hall–Kier alpha value is -1.38. The Kier molecular flexibility index (Phi) is 2.21. The molecule has 0 spiro atoms. The Labute approximate surface area is 64.3 Å². The lowest BCUT2D eigenvalue weighted by molar-refractivity contribution is 0.112. The van der Waals surface area contributed by atoms with Crippen LogP contribution in [0.5, 0.6) is 0 Å². The summed E-state index contributed by atoms with van der Waals surface area (Å²) < 4.78 is 1.78. The minimum absolute atomic E-state index is 0.217. The molecule has 1 aromatic heterocycles. The number of carbonyl (C=O) groups is 1. The van der Waals surface area contributed by atoms with Crippen molar-refractivity contribution in [3.05, 3.63) is 34.2 Å². The second-order valence-corrected chi connectivity index (χ2v) is 2.21. The van der Waals surface area contributed by atoms with Crippen molar-refractivity contribution in [1.82, 2.24) is 4.57 Å². The lowest BCUT2D eigenvalue weighted by atomic mass is 10.3. The van der Waals surface area contributed by atoms with Gasteiger partial charge in [-0.05, 0) is 6.92 Å². The predicted molar refractivity (Wildman–Crippen MR) is 41.8 cm³/mol. The Morgan fingerprint density at radius 3 is 2.91 bits per heavy atom. The number of pyridine rings is 1. The van der Waals surface area contributed by atoms with Gasteiger partial charge >= 0.3 is 0 Å². The van der Waals surface area contributed by atoms with Gasteiger partial charge in [0, 0.05) is 25.0 Å². The zero-order chi connectivity index (χ0) is 8.27. The van der Waals surface area contributed by atoms with Crippen LogP contribution >= 0.6 is 0 Å². The highest BCUT2D eigenvalue weighted by molar-refractivity contribution is 5.73. The van der Waals surface area contributed by atoms with Gasteiger partial charge in [0.25, 0.3) is 0 Å². The molecule has 1 aromatic rings. The highest BCUT2D eigenvalue weighted by Crippen LogP contribution is 1.88. The first-order chi connectivity index (χ1) is 5.27. The number of aromatic nitrogens is 1. The number of aryl methyl sites for hydroxylation is 1. The molecule has 3 nitrogen and oxygen atoms in total. The first-order valence-electron chi connectivity index (χ1n) is 3.43. The SMILES string of the molecule is CCn1ccc(=O)c(C=O)c1. The molecule has 11 heavy (non-hydrogen) atoms. The van der Waals surface area contributed by atoms with Crippen LogP contribution in [0.2, 0.25) is 0 Å². The van der Waals surface area contributed by atoms with Crippen molar-refractivity contribution in [2.24, 2.45) is 0 Å². The summed E-state index contributed by atoms with van der Waals surface area (Å²) in [5.41, 5.74) is -0.000880. The molecule has 0 amide bonds. The number of hydrogen-bond acceptors (Lipinski definition) is 2. The van der Waals surface area contributed by atoms with Crippen LogP contribution in [0.1, 0.15) is 17.3 Å². The van der Waals surface area contributed by atoms with Crippen LogP contribution in [0, 0.1) is 0 Å². The molecule has 0 aliphatic rings. The maximum atomic E-state index is 10.9. The van der Waals surface area contributed by atoms with Gasteiger partial charge in [0.1, 0.15) is 0 Å². The van der Waals surface area contributed by atoms with Gasteiger partial charge in [0.15, 0.2) is 11.7 Å². The van der Waals surface area contributed by atoms with Gasteiger partial charge in [-0.15, -0.1) is 0 Å². The van der Waals surface area contributed by atoms with E-state index in [1.165, 1.54) is 6.07 Å². The van der Waals surface area contributed by atoms with Crippen LogP contribution in [0.15, 0.2) is 23.3 Å². The van der Waals surface area contributed by atoms with Crippen LogP contribution in [0.3, 0.4) is 0 Å². The standard InChI is InChI=1S/C8H9NO2/c1-2-9-4-3-8(11)7(5-9)6-10/h3-6H,2H2,1H3. The van der Waals surface area contributed by atoms with Crippen LogP contribution in [-0.4, -0.2) is 10.9 Å². The van der Waals surface area contributed by atoms with E-state index in [1.54, 1.807) is 17.0 Å². The summed E-state index contributed by atoms with van der Waals surface area (Å²) in [7, 11) is 0. The molecule has 0 saturated heterocycles. The van der Waals surface area contributed by atoms with Crippen molar-refractivity contribution < 1.29 is 4.79 Å². The number of hydrogen-bond donors (Lipinski definition) is 0. The molecule has 0 saturated carbocycles. The second kappa shape index (κ2) is 3.14. The molecular weight excluding hydrogens is 142 g/mol. The van der Waals surface area contributed by atoms with E-state index in [4.69, 9.17) is 0 Å². The van der Waals surface area contributed by atoms with E-state index >= 15 is 0 Å². The van der Waals surface area contributed by atoms with E-state index in [0.717, 1.165) is 6.54 Å². The monoisotopic (exact) mass is 151 g/mol. The van der Waals surface area contributed by atoms with Crippen LogP contribution in [-0.2, 0) is 6.54 Å². The minimum Gasteiger partial charge on any atom is -0.354 e. The van der Waals surface area contributed by atoms with Gasteiger partial charge in [-0.1, -0.05) is 0 Å². The normalized spacial score (nSPS) is 9.55. The lowest BCUT2D eigenvalue weighted by Gasteiger charge is -2.00. The zero-order valence-corrected chi connectivity index (χ0v) is 6.28. The van der Waals surface area contributed by atoms with Gasteiger partial charge in [-0.25, -0.2) is 0 Å². The quantitative estimate of drug-likeness (QED) is 0.583. The van der Waals surface area contributed by atoms with Crippen molar-refractivity contribution in [1.29, 1.82) is 0 Å². The van der Waals surface area contributed by atoms with Crippen molar-refractivity contribution >= 4 is 6.29 Å². The van der Waals surface area contributed by atoms with E-state index in [2.05, 4.69) is 0 Å². The molecule has 0 radical (unpaired) electrons. The molecule has 0 unspecified atom stereocenters. The Morgan fingerprint density at radius 2 is 2.36 bits per heavy atom. The molecule has 0 fully saturated rings. The van der Waals surface area contributed by atoms with Crippen LogP contribution in [0.25, 0.3) is 0 Å². The lowest BCUT2D eigenvalue weighted by Crippen LogP contribution is -2.10. The first-order valence-corrected chi connectivity index (χ1v) is 3.43. The van der Waals surface area contributed by atoms with E-state index in [1.807, 2.05) is 6.92 Å². The van der Waals surface area contributed by atoms with E-state index in [-0.39, 0.29) is 11.0 Å². The van der Waals surface area contributed by atoms with Gasteiger partial charge in [0.05, 0.1) is 5.56 Å². The molecular formula is C8H9NO2. The van der Waals surface area contributed by atoms with E-state index in [9.17, 15) is 9.59 Å². The molecule has 0 aliphatic carbocycles. The average molecular weight is 151 g/mol. The molecule has 58 valence electrons. The molecule has 0 N–H and O–H groups in total. The Bertz CT molecular complexity index is 314. The average Bonchev–Trinajstić information content (AvgIpc) is 2.05. The second-order valence-electron chi connectivity index (χ2n) is 2.21. The Balaban J connectivity index is 3.23. The maximum Gasteiger partial charge on any atom is 0.192 e. The molecule has 0 atom stereocenters. The van der Waals surface area contributed by atoms with Crippen LogP contribution < -0.4 is 5.43 Å². The number of nitrogens with zero attached hydrogens (tertiary/aromatic N) is 1. The van der Waals surface area contributed by atoms with Crippen molar-refractivity contribution in [2.75, 3.05) is 0 Å². The van der Waals surface area contributed by atoms with Gasteiger partial charge in [0.2, 0.25) is 0 Å². The summed E-state index contributed by atoms with van der Waals surface area (Å²) in [5.74, 6) is 0. The topological polar surface area (TPSA) is 39.1 Å². The minimum atomic E-state index is -0.218. The highest BCUT2D eigenvalue weighted by Gasteiger charge is 1.95. The molecule has 0 aromatic carbocycles. The largest absolute Gasteiger partial charge is 0.354 e. The predicted octanol–water partition coefficient (Wildman–Crippen LogP) is 0.681.